The highest BCUT2D eigenvalue weighted by Gasteiger charge is 2.46. The van der Waals surface area contributed by atoms with Gasteiger partial charge < -0.3 is 0 Å². The Morgan fingerprint density at radius 2 is 0.420 bits per heavy atom. The van der Waals surface area contributed by atoms with Crippen molar-refractivity contribution in [1.29, 1.82) is 0 Å². The van der Waals surface area contributed by atoms with Crippen LogP contribution in [0.2, 0.25) is 157 Å². The Kier molecular flexibility index (Phi) is 14.8. The van der Waals surface area contributed by atoms with E-state index in [4.69, 9.17) is 0 Å². The molecule has 10 heteroatoms. The van der Waals surface area contributed by atoms with Gasteiger partial charge in [-0.2, -0.15) is 0 Å². The minimum Gasteiger partial charge on any atom is -0.0693 e. The van der Waals surface area contributed by atoms with Crippen molar-refractivity contribution in [2.45, 2.75) is 188 Å². The highest BCUT2D eigenvalue weighted by Crippen LogP contribution is 2.55. The van der Waals surface area contributed by atoms with Crippen LogP contribution in [0.1, 0.15) is 42.9 Å². The lowest BCUT2D eigenvalue weighted by molar-refractivity contribution is 1.04. The van der Waals surface area contributed by atoms with Crippen LogP contribution in [0.15, 0.2) is 46.2 Å². The first kappa shape index (κ1) is 47.0. The van der Waals surface area contributed by atoms with Crippen molar-refractivity contribution < 1.29 is 0 Å². The lowest BCUT2D eigenvalue weighted by Gasteiger charge is -2.44. The van der Waals surface area contributed by atoms with E-state index in [1.807, 2.05) is 0 Å². The molecule has 0 atom stereocenters. The Morgan fingerprint density at radius 3 is 0.540 bits per heavy atom. The van der Waals surface area contributed by atoms with Gasteiger partial charge >= 0.3 is 0 Å². The summed E-state index contributed by atoms with van der Waals surface area (Å²) in [4.78, 5) is 3.36. The van der Waals surface area contributed by atoms with Gasteiger partial charge in [-0.1, -0.05) is 215 Å². The molecular weight excluding hydrogens is 769 g/mol. The second-order valence-corrected chi connectivity index (χ2v) is 71.3. The molecule has 2 rings (SSSR count). The van der Waals surface area contributed by atoms with E-state index in [1.54, 1.807) is 32.0 Å². The molecule has 2 aromatic carbocycles. The van der Waals surface area contributed by atoms with Crippen molar-refractivity contribution in [3.05, 3.63) is 58.7 Å². The van der Waals surface area contributed by atoms with Gasteiger partial charge in [0.2, 0.25) is 0 Å². The Labute approximate surface area is 329 Å². The molecule has 2 aromatic rings. The summed E-state index contributed by atoms with van der Waals surface area (Å²) in [7, 11) is -7.76. The van der Waals surface area contributed by atoms with Crippen LogP contribution in [0.3, 0.4) is 0 Å². The van der Waals surface area contributed by atoms with Crippen LogP contribution in [0, 0.1) is 0 Å². The molecule has 0 unspecified atom stereocenters. The van der Waals surface area contributed by atoms with Crippen molar-refractivity contribution in [1.82, 2.24) is 0 Å². The fraction of sp³-hybridized carbons (Fsp3) is 0.700. The zero-order chi connectivity index (χ0) is 39.4. The molecule has 0 aliphatic heterocycles. The molecule has 0 fully saturated rings. The van der Waals surface area contributed by atoms with Crippen molar-refractivity contribution in [3.8, 4) is 0 Å². The van der Waals surface area contributed by atoms with Crippen LogP contribution in [-0.2, 0) is 0 Å². The molecule has 0 heterocycles. The predicted molar refractivity (Wildman–Crippen MR) is 262 cm³/mol. The summed E-state index contributed by atoms with van der Waals surface area (Å²) in [6.45, 7) is 63.8. The summed E-state index contributed by atoms with van der Waals surface area (Å²) < 4.78 is 0. The van der Waals surface area contributed by atoms with E-state index in [9.17, 15) is 0 Å². The third-order valence-corrected chi connectivity index (χ3v) is 50.3. The van der Waals surface area contributed by atoms with E-state index in [0.717, 1.165) is 20.7 Å². The Balaban J connectivity index is 3.20. The van der Waals surface area contributed by atoms with E-state index < -0.39 is 64.6 Å². The van der Waals surface area contributed by atoms with Crippen molar-refractivity contribution in [2.75, 3.05) is 0 Å². The molecule has 0 aliphatic carbocycles. The van der Waals surface area contributed by atoms with E-state index in [1.165, 1.54) is 0 Å². The Hall–Kier alpha value is 0.875. The monoisotopic (exact) mass is 850 g/mol. The molecule has 0 spiro atoms. The quantitative estimate of drug-likeness (QED) is 0.129. The zero-order valence-electron chi connectivity index (χ0n) is 37.6. The van der Waals surface area contributed by atoms with Crippen molar-refractivity contribution >= 4 is 86.2 Å². The minimum absolute atomic E-state index is 0.727. The normalized spacial score (nSPS) is 14.9. The Bertz CT molecular complexity index is 1180. The van der Waals surface area contributed by atoms with Gasteiger partial charge in [-0.15, -0.1) is 0 Å². The molecule has 0 saturated heterocycles. The fourth-order valence-electron chi connectivity index (χ4n) is 11.3. The van der Waals surface area contributed by atoms with Gasteiger partial charge in [0.1, 0.15) is 0 Å². The maximum atomic E-state index is 2.66. The molecule has 50 heavy (non-hydrogen) atoms. The minimum atomic E-state index is -1.53. The molecule has 0 nitrogen and oxygen atoms in total. The molecule has 0 N–H and O–H groups in total. The first-order valence-corrected chi connectivity index (χ1v) is 50.3. The van der Waals surface area contributed by atoms with Crippen molar-refractivity contribution in [3.63, 3.8) is 0 Å². The summed E-state index contributed by atoms with van der Waals surface area (Å²) in [6, 6.07) is 15.4. The highest BCUT2D eigenvalue weighted by molar-refractivity contribution is 8.76. The summed E-state index contributed by atoms with van der Waals surface area (Å²) in [5.41, 5.74) is 6.88. The molecule has 0 aliphatic rings. The van der Waals surface area contributed by atoms with Gasteiger partial charge in [-0.3, -0.25) is 0 Å². The van der Waals surface area contributed by atoms with Crippen LogP contribution >= 0.6 is 21.6 Å². The van der Waals surface area contributed by atoms with Crippen molar-refractivity contribution in [2.24, 2.45) is 0 Å². The molecule has 0 bridgehead atoms. The predicted octanol–water partition coefficient (Wildman–Crippen LogP) is 15.8. The number of hydrogen-bond donors (Lipinski definition) is 0. The maximum Gasteiger partial charge on any atom is 0.0493 e. The molecule has 0 amide bonds. The zero-order valence-corrected chi connectivity index (χ0v) is 47.2. The summed E-state index contributed by atoms with van der Waals surface area (Å²) in [6.07, 6.45) is 0. The van der Waals surface area contributed by atoms with Crippen LogP contribution in [-0.4, -0.2) is 64.6 Å². The van der Waals surface area contributed by atoms with E-state index in [0.29, 0.717) is 0 Å². The Morgan fingerprint density at radius 1 is 0.280 bits per heavy atom. The lowest BCUT2D eigenvalue weighted by atomic mass is 10.1. The largest absolute Gasteiger partial charge is 0.0693 e. The van der Waals surface area contributed by atoms with Gasteiger partial charge in [-0.25, -0.2) is 0 Å². The third-order valence-electron chi connectivity index (χ3n) is 10.5. The second-order valence-electron chi connectivity index (χ2n) is 24.4. The highest BCUT2D eigenvalue weighted by atomic mass is 33.1. The first-order chi connectivity index (χ1) is 21.9. The average Bonchev–Trinajstić information content (AvgIpc) is 2.77. The summed E-state index contributed by atoms with van der Waals surface area (Å²) in [5.74, 6) is 0. The van der Waals surface area contributed by atoms with Gasteiger partial charge in [0.25, 0.3) is 0 Å². The third kappa shape index (κ3) is 11.7. The van der Waals surface area contributed by atoms with Crippen LogP contribution < -0.4 is 0 Å². The number of hydrogen-bond acceptors (Lipinski definition) is 2. The molecule has 0 saturated carbocycles. The summed E-state index contributed by atoms with van der Waals surface area (Å²) in [5, 5.41) is 2.91. The molecule has 286 valence electrons. The number of benzene rings is 2. The second kappa shape index (κ2) is 15.8. The maximum absolute atomic E-state index is 2.66. The first-order valence-electron chi connectivity index (χ1n) is 19.5. The average molecular weight is 852 g/mol. The molecular formula is C40H82S2Si8. The van der Waals surface area contributed by atoms with Crippen LogP contribution in [0.4, 0.5) is 0 Å². The van der Waals surface area contributed by atoms with E-state index in [-0.39, 0.29) is 0 Å². The summed E-state index contributed by atoms with van der Waals surface area (Å²) >= 11 is 0. The van der Waals surface area contributed by atoms with Gasteiger partial charge in [0.15, 0.2) is 0 Å². The fourth-order valence-corrected chi connectivity index (χ4v) is 66.0. The molecule has 0 radical (unpaired) electrons. The smallest absolute Gasteiger partial charge is 0.0493 e. The van der Waals surface area contributed by atoms with E-state index in [2.05, 4.69) is 215 Å². The number of rotatable bonds is 15. The lowest BCUT2D eigenvalue weighted by Crippen LogP contribution is -2.48. The van der Waals surface area contributed by atoms with Gasteiger partial charge in [0.05, 0.1) is 0 Å². The molecule has 0 aromatic heterocycles. The SMILES string of the molecule is C[Si](C)(C)C(c1cccc(C([Si](C)(C)C)[Si](C)(C)C)c1SSc1c(C([Si](C)(C)C)[Si](C)(C)C)cccc1C([Si](C)(C)C)[Si](C)(C)C)[Si](C)(C)C. The van der Waals surface area contributed by atoms with E-state index >= 15 is 0 Å². The van der Waals surface area contributed by atoms with Gasteiger partial charge in [0, 0.05) is 74.4 Å². The van der Waals surface area contributed by atoms with Crippen LogP contribution in [0.25, 0.3) is 0 Å². The topological polar surface area (TPSA) is 0 Å². The standard InChI is InChI=1S/C40H82S2Si8/c1-43(2,3)37(44(4,5)6)31-27-25-28-32(38(45(7,8)9)46(10,11)12)35(31)41-42-36-33(39(47(13,14)15)48(16,17)18)29-26-30-34(36)40(49(19,20)21)50(22,23)24/h25-30,37-40H,1-24H3. The van der Waals surface area contributed by atoms with Crippen LogP contribution in [0.5, 0.6) is 0 Å². The van der Waals surface area contributed by atoms with Gasteiger partial charge in [-0.05, 0) is 42.9 Å².